The van der Waals surface area contributed by atoms with Crippen molar-refractivity contribution in [2.75, 3.05) is 11.9 Å². The minimum Gasteiger partial charge on any atom is -0.344 e. The molecule has 3 aromatic rings. The summed E-state index contributed by atoms with van der Waals surface area (Å²) in [6, 6.07) is 19.7. The van der Waals surface area contributed by atoms with Gasteiger partial charge in [0, 0.05) is 40.4 Å². The molecule has 3 aromatic carbocycles. The molecule has 0 atom stereocenters. The SMILES string of the molecule is C=CC1=C(C=C)C(=O)C(=Cc2ccc3c(c2)C(C)(C)c2cc4c(cc2N3C)C(C)(C)c2ccccc2-4)C1=O. The number of Topliss-reactive ketones (excluding diaryl/α,β-unsaturated/α-hetero) is 2. The molecule has 3 nitrogen and oxygen atoms in total. The molecule has 188 valence electrons. The highest BCUT2D eigenvalue weighted by atomic mass is 16.2. The molecule has 3 heteroatoms. The molecule has 1 aliphatic heterocycles. The molecule has 0 saturated heterocycles. The Kier molecular flexibility index (Phi) is 5.00. The minimum absolute atomic E-state index is 0.0643. The number of anilines is 2. The average Bonchev–Trinajstić information content (AvgIpc) is 3.28. The summed E-state index contributed by atoms with van der Waals surface area (Å²) in [5, 5.41) is 0. The molecule has 0 N–H and O–H groups in total. The van der Waals surface area contributed by atoms with Gasteiger partial charge in [-0.3, -0.25) is 9.59 Å². The quantitative estimate of drug-likeness (QED) is 0.276. The van der Waals surface area contributed by atoms with Gasteiger partial charge < -0.3 is 4.90 Å². The predicted octanol–water partition coefficient (Wildman–Crippen LogP) is 7.60. The molecule has 1 heterocycles. The van der Waals surface area contributed by atoms with Gasteiger partial charge in [-0.15, -0.1) is 0 Å². The molecule has 0 saturated carbocycles. The Hall–Kier alpha value is -4.24. The van der Waals surface area contributed by atoms with Crippen molar-refractivity contribution in [2.45, 2.75) is 38.5 Å². The van der Waals surface area contributed by atoms with Gasteiger partial charge in [-0.2, -0.15) is 0 Å². The van der Waals surface area contributed by atoms with Crippen LogP contribution in [0.3, 0.4) is 0 Å². The van der Waals surface area contributed by atoms with Crippen molar-refractivity contribution >= 4 is 29.0 Å². The van der Waals surface area contributed by atoms with Crippen molar-refractivity contribution in [3.8, 4) is 11.1 Å². The average molecular weight is 498 g/mol. The second-order valence-electron chi connectivity index (χ2n) is 11.5. The van der Waals surface area contributed by atoms with Crippen LogP contribution in [0.25, 0.3) is 17.2 Å². The van der Waals surface area contributed by atoms with Gasteiger partial charge in [0.15, 0.2) is 11.6 Å². The lowest BCUT2D eigenvalue weighted by molar-refractivity contribution is -0.115. The Morgan fingerprint density at radius 1 is 0.684 bits per heavy atom. The Bertz CT molecular complexity index is 1660. The fourth-order valence-electron chi connectivity index (χ4n) is 6.57. The van der Waals surface area contributed by atoms with E-state index in [1.54, 1.807) is 6.08 Å². The molecule has 0 radical (unpaired) electrons. The molecule has 0 aromatic heterocycles. The summed E-state index contributed by atoms with van der Waals surface area (Å²) in [4.78, 5) is 28.1. The highest BCUT2D eigenvalue weighted by Gasteiger charge is 2.41. The van der Waals surface area contributed by atoms with Gasteiger partial charge in [-0.1, -0.05) is 83.3 Å². The second-order valence-corrected chi connectivity index (χ2v) is 11.5. The number of rotatable bonds is 3. The maximum atomic E-state index is 12.9. The zero-order chi connectivity index (χ0) is 27.1. The summed E-state index contributed by atoms with van der Waals surface area (Å²) >= 11 is 0. The standard InChI is InChI=1S/C35H31NO2/c1-8-21-22(9-2)33(38)25(32(21)37)16-20-14-15-30-28(17-20)35(5,6)29-18-24-23-12-10-11-13-26(23)34(3,4)27(24)19-31(29)36(30)7/h8-19H,1-2H2,3-7H3. The van der Waals surface area contributed by atoms with Gasteiger partial charge >= 0.3 is 0 Å². The van der Waals surface area contributed by atoms with Crippen LogP contribution in [0.4, 0.5) is 11.4 Å². The summed E-state index contributed by atoms with van der Waals surface area (Å²) < 4.78 is 0. The van der Waals surface area contributed by atoms with Gasteiger partial charge in [0.1, 0.15) is 0 Å². The van der Waals surface area contributed by atoms with E-state index in [0.29, 0.717) is 11.1 Å². The van der Waals surface area contributed by atoms with Gasteiger partial charge in [0.05, 0.1) is 5.57 Å². The third-order valence-electron chi connectivity index (χ3n) is 8.78. The second kappa shape index (κ2) is 7.88. The van der Waals surface area contributed by atoms with Crippen LogP contribution < -0.4 is 4.90 Å². The van der Waals surface area contributed by atoms with Crippen LogP contribution in [0.2, 0.25) is 0 Å². The van der Waals surface area contributed by atoms with Gasteiger partial charge in [0.25, 0.3) is 0 Å². The number of allylic oxidation sites excluding steroid dienone is 5. The number of benzene rings is 3. The van der Waals surface area contributed by atoms with E-state index in [1.165, 1.54) is 45.7 Å². The molecule has 0 unspecified atom stereocenters. The van der Waals surface area contributed by atoms with Crippen molar-refractivity contribution in [1.29, 1.82) is 0 Å². The van der Waals surface area contributed by atoms with Crippen LogP contribution in [0.1, 0.15) is 55.5 Å². The summed E-state index contributed by atoms with van der Waals surface area (Å²) in [6.07, 6.45) is 4.59. The Labute approximate surface area is 224 Å². The Balaban J connectivity index is 1.49. The first-order valence-corrected chi connectivity index (χ1v) is 13.0. The summed E-state index contributed by atoms with van der Waals surface area (Å²) in [5.74, 6) is -0.590. The van der Waals surface area contributed by atoms with Crippen molar-refractivity contribution in [3.05, 3.63) is 124 Å². The van der Waals surface area contributed by atoms with Crippen molar-refractivity contribution in [3.63, 3.8) is 0 Å². The smallest absolute Gasteiger partial charge is 0.197 e. The highest BCUT2D eigenvalue weighted by molar-refractivity contribution is 6.41. The maximum absolute atomic E-state index is 12.9. The van der Waals surface area contributed by atoms with Crippen molar-refractivity contribution in [2.24, 2.45) is 0 Å². The number of fused-ring (bicyclic) bond motifs is 5. The first-order chi connectivity index (χ1) is 18.0. The van der Waals surface area contributed by atoms with E-state index in [4.69, 9.17) is 0 Å². The lowest BCUT2D eigenvalue weighted by Gasteiger charge is -2.41. The molecule has 6 rings (SSSR count). The summed E-state index contributed by atoms with van der Waals surface area (Å²) in [6.45, 7) is 16.5. The monoisotopic (exact) mass is 497 g/mol. The Morgan fingerprint density at radius 2 is 1.29 bits per heavy atom. The number of carbonyl (C=O) groups excluding carboxylic acids is 2. The van der Waals surface area contributed by atoms with Crippen LogP contribution in [0, 0.1) is 0 Å². The third kappa shape index (κ3) is 3.02. The Morgan fingerprint density at radius 3 is 1.95 bits per heavy atom. The maximum Gasteiger partial charge on any atom is 0.197 e. The fraction of sp³-hybridized carbons (Fsp3) is 0.200. The van der Waals surface area contributed by atoms with Crippen molar-refractivity contribution in [1.82, 2.24) is 0 Å². The van der Waals surface area contributed by atoms with Crippen LogP contribution in [-0.2, 0) is 20.4 Å². The molecular weight excluding hydrogens is 466 g/mol. The van der Waals surface area contributed by atoms with E-state index in [-0.39, 0.29) is 28.0 Å². The molecule has 38 heavy (non-hydrogen) atoms. The molecule has 2 aliphatic carbocycles. The molecule has 0 spiro atoms. The van der Waals surface area contributed by atoms with Gasteiger partial charge in [-0.05, 0) is 69.3 Å². The van der Waals surface area contributed by atoms with E-state index in [0.717, 1.165) is 16.8 Å². The molecule has 0 fully saturated rings. The van der Waals surface area contributed by atoms with Crippen LogP contribution in [0.15, 0.2) is 96.6 Å². The van der Waals surface area contributed by atoms with Crippen LogP contribution >= 0.6 is 0 Å². The molecular formula is C35H31NO2. The summed E-state index contributed by atoms with van der Waals surface area (Å²) in [7, 11) is 2.12. The van der Waals surface area contributed by atoms with E-state index in [9.17, 15) is 9.59 Å². The summed E-state index contributed by atoms with van der Waals surface area (Å²) in [5.41, 5.74) is 11.4. The van der Waals surface area contributed by atoms with Crippen LogP contribution in [-0.4, -0.2) is 18.6 Å². The predicted molar refractivity (Wildman–Crippen MR) is 156 cm³/mol. The molecule has 0 bridgehead atoms. The largest absolute Gasteiger partial charge is 0.344 e. The minimum atomic E-state index is -0.295. The first kappa shape index (κ1) is 24.1. The zero-order valence-electron chi connectivity index (χ0n) is 22.6. The number of hydrogen-bond acceptors (Lipinski definition) is 3. The van der Waals surface area contributed by atoms with Gasteiger partial charge in [0.2, 0.25) is 0 Å². The van der Waals surface area contributed by atoms with E-state index in [2.05, 4.69) is 101 Å². The van der Waals surface area contributed by atoms with E-state index in [1.807, 2.05) is 6.07 Å². The molecule has 0 amide bonds. The van der Waals surface area contributed by atoms with Crippen LogP contribution in [0.5, 0.6) is 0 Å². The zero-order valence-corrected chi connectivity index (χ0v) is 22.6. The van der Waals surface area contributed by atoms with Gasteiger partial charge in [-0.25, -0.2) is 0 Å². The number of nitrogens with zero attached hydrogens (tertiary/aromatic N) is 1. The fourth-order valence-corrected chi connectivity index (χ4v) is 6.57. The number of hydrogen-bond donors (Lipinski definition) is 0. The third-order valence-corrected chi connectivity index (χ3v) is 8.78. The number of carbonyl (C=O) groups is 2. The van der Waals surface area contributed by atoms with E-state index >= 15 is 0 Å². The number of ketones is 2. The highest BCUT2D eigenvalue weighted by Crippen LogP contribution is 2.55. The topological polar surface area (TPSA) is 37.4 Å². The molecule has 3 aliphatic rings. The first-order valence-electron chi connectivity index (χ1n) is 13.0. The van der Waals surface area contributed by atoms with E-state index < -0.39 is 0 Å². The van der Waals surface area contributed by atoms with Crippen molar-refractivity contribution < 1.29 is 9.59 Å². The normalized spacial score (nSPS) is 18.1. The lowest BCUT2D eigenvalue weighted by atomic mass is 9.71. The lowest BCUT2D eigenvalue weighted by Crippen LogP contribution is -2.31.